The highest BCUT2D eigenvalue weighted by atomic mass is 19.4. The molecule has 44 heavy (non-hydrogen) atoms. The average molecular weight is 607 g/mol. The average Bonchev–Trinajstić information content (AvgIpc) is 3.56. The van der Waals surface area contributed by atoms with Crippen LogP contribution in [0.5, 0.6) is 0 Å². The molecule has 226 valence electrons. The summed E-state index contributed by atoms with van der Waals surface area (Å²) in [5.41, 5.74) is 1.80. The van der Waals surface area contributed by atoms with Crippen molar-refractivity contribution in [3.63, 3.8) is 0 Å². The topological polar surface area (TPSA) is 34.8 Å². The Morgan fingerprint density at radius 1 is 0.864 bits per heavy atom. The fourth-order valence-electron chi connectivity index (χ4n) is 5.54. The number of hydrogen-bond acceptors (Lipinski definition) is 2. The molecule has 4 aromatic carbocycles. The van der Waals surface area contributed by atoms with Crippen molar-refractivity contribution in [3.05, 3.63) is 119 Å². The van der Waals surface area contributed by atoms with Crippen LogP contribution in [0.25, 0.3) is 33.1 Å². The fourth-order valence-corrected chi connectivity index (χ4v) is 5.54. The summed E-state index contributed by atoms with van der Waals surface area (Å²) in [6, 6.07) is 20.1. The Morgan fingerprint density at radius 2 is 1.64 bits per heavy atom. The Balaban J connectivity index is 1.35. The molecule has 2 heterocycles. The van der Waals surface area contributed by atoms with Crippen molar-refractivity contribution in [2.75, 3.05) is 5.32 Å². The third-order valence-corrected chi connectivity index (χ3v) is 7.71. The molecular weight excluding hydrogens is 578 g/mol. The van der Waals surface area contributed by atoms with Crippen molar-refractivity contribution < 1.29 is 26.3 Å². The Kier molecular flexibility index (Phi) is 7.84. The second-order valence-corrected chi connectivity index (χ2v) is 10.7. The van der Waals surface area contributed by atoms with E-state index in [0.717, 1.165) is 46.6 Å². The molecular formula is C34H28F6N4. The molecule has 0 amide bonds. The van der Waals surface area contributed by atoms with Crippen LogP contribution in [0, 0.1) is 17.5 Å². The molecule has 6 rings (SSSR count). The van der Waals surface area contributed by atoms with Gasteiger partial charge in [0.2, 0.25) is 0 Å². The second kappa shape index (κ2) is 11.7. The van der Waals surface area contributed by atoms with E-state index in [1.807, 2.05) is 6.07 Å². The van der Waals surface area contributed by atoms with Crippen molar-refractivity contribution in [3.8, 4) is 11.3 Å². The van der Waals surface area contributed by atoms with Crippen LogP contribution in [0.3, 0.4) is 0 Å². The molecule has 6 aromatic rings. The molecule has 0 radical (unpaired) electrons. The van der Waals surface area contributed by atoms with E-state index >= 15 is 0 Å². The van der Waals surface area contributed by atoms with E-state index in [9.17, 15) is 26.3 Å². The van der Waals surface area contributed by atoms with Crippen LogP contribution in [0.2, 0.25) is 0 Å². The molecule has 0 saturated heterocycles. The largest absolute Gasteiger partial charge is 0.418 e. The summed E-state index contributed by atoms with van der Waals surface area (Å²) in [5.74, 6) is -3.41. The number of rotatable bonds is 9. The Bertz CT molecular complexity index is 1950. The van der Waals surface area contributed by atoms with E-state index < -0.39 is 41.3 Å². The quantitative estimate of drug-likeness (QED) is 0.166. The number of fused-ring (bicyclic) bond motifs is 2. The van der Waals surface area contributed by atoms with E-state index in [2.05, 4.69) is 52.4 Å². The molecule has 0 aliphatic rings. The lowest BCUT2D eigenvalue weighted by molar-refractivity contribution is -0.136. The normalized spacial score (nSPS) is 12.0. The lowest BCUT2D eigenvalue weighted by atomic mass is 10.0. The van der Waals surface area contributed by atoms with Gasteiger partial charge in [0.25, 0.3) is 0 Å². The summed E-state index contributed by atoms with van der Waals surface area (Å²) in [4.78, 5) is 0. The van der Waals surface area contributed by atoms with Crippen LogP contribution in [0.1, 0.15) is 36.5 Å². The lowest BCUT2D eigenvalue weighted by Crippen LogP contribution is -2.09. The van der Waals surface area contributed by atoms with E-state index in [1.54, 1.807) is 18.2 Å². The predicted molar refractivity (Wildman–Crippen MR) is 160 cm³/mol. The van der Waals surface area contributed by atoms with Gasteiger partial charge < -0.3 is 9.88 Å². The number of alkyl halides is 3. The summed E-state index contributed by atoms with van der Waals surface area (Å²) in [7, 11) is 0. The van der Waals surface area contributed by atoms with Gasteiger partial charge in [0.1, 0.15) is 23.0 Å². The molecule has 0 atom stereocenters. The summed E-state index contributed by atoms with van der Waals surface area (Å²) in [5, 5.41) is 8.84. The summed E-state index contributed by atoms with van der Waals surface area (Å²) in [6.07, 6.45) is -0.407. The molecule has 0 fully saturated rings. The van der Waals surface area contributed by atoms with Gasteiger partial charge in [0, 0.05) is 59.1 Å². The number of nitrogens with zero attached hydrogens (tertiary/aromatic N) is 3. The zero-order valence-electron chi connectivity index (χ0n) is 23.7. The number of hydrogen-bond donors (Lipinski definition) is 1. The highest BCUT2D eigenvalue weighted by Gasteiger charge is 2.34. The maximum atomic E-state index is 14.6. The highest BCUT2D eigenvalue weighted by Crippen LogP contribution is 2.39. The van der Waals surface area contributed by atoms with Gasteiger partial charge in [-0.25, -0.2) is 13.2 Å². The van der Waals surface area contributed by atoms with Crippen molar-refractivity contribution in [1.82, 2.24) is 14.3 Å². The molecule has 0 bridgehead atoms. The molecule has 0 aliphatic carbocycles. The van der Waals surface area contributed by atoms with Gasteiger partial charge in [-0.2, -0.15) is 18.3 Å². The van der Waals surface area contributed by atoms with Crippen molar-refractivity contribution in [2.45, 2.75) is 45.6 Å². The third-order valence-electron chi connectivity index (χ3n) is 7.71. The van der Waals surface area contributed by atoms with Gasteiger partial charge in [-0.1, -0.05) is 43.7 Å². The molecule has 0 saturated carbocycles. The minimum atomic E-state index is -4.70. The van der Waals surface area contributed by atoms with Crippen LogP contribution >= 0.6 is 0 Å². The van der Waals surface area contributed by atoms with Gasteiger partial charge in [0.15, 0.2) is 0 Å². The van der Waals surface area contributed by atoms with Gasteiger partial charge in [0.05, 0.1) is 17.8 Å². The van der Waals surface area contributed by atoms with Crippen LogP contribution in [-0.2, 0) is 25.8 Å². The van der Waals surface area contributed by atoms with Crippen LogP contribution in [0.15, 0.2) is 85.1 Å². The van der Waals surface area contributed by atoms with Gasteiger partial charge in [-0.05, 0) is 53.8 Å². The van der Waals surface area contributed by atoms with Crippen molar-refractivity contribution >= 4 is 27.5 Å². The van der Waals surface area contributed by atoms with E-state index in [0.29, 0.717) is 29.9 Å². The van der Waals surface area contributed by atoms with Gasteiger partial charge in [-0.15, -0.1) is 0 Å². The fraction of sp³-hybridized carbons (Fsp3) is 0.206. The number of nitrogens with one attached hydrogen (secondary N) is 1. The smallest absolute Gasteiger partial charge is 0.381 e. The Hall–Kier alpha value is -4.73. The lowest BCUT2D eigenvalue weighted by Gasteiger charge is -2.13. The summed E-state index contributed by atoms with van der Waals surface area (Å²) in [6.45, 7) is 3.06. The predicted octanol–water partition coefficient (Wildman–Crippen LogP) is 9.55. The standard InChI is InChI=1S/C34H28F6N4/c1-2-3-13-43-14-12-22-15-21(10-11-31(22)43)19-41-25-7-4-6-23(16-25)33-26-8-5-9-28(34(38,39)40)32(26)42-44(33)20-27-29(36)17-24(35)18-30(27)37/h4-12,14-18,41H,2-3,13,19-20H2,1H3. The Morgan fingerprint density at radius 3 is 2.39 bits per heavy atom. The minimum absolute atomic E-state index is 0.165. The van der Waals surface area contributed by atoms with E-state index in [4.69, 9.17) is 0 Å². The Labute approximate surface area is 249 Å². The molecule has 2 aromatic heterocycles. The number of aromatic nitrogens is 3. The summed E-state index contributed by atoms with van der Waals surface area (Å²) >= 11 is 0. The molecule has 4 nitrogen and oxygen atoms in total. The number of benzene rings is 4. The molecule has 1 N–H and O–H groups in total. The minimum Gasteiger partial charge on any atom is -0.381 e. The van der Waals surface area contributed by atoms with Crippen molar-refractivity contribution in [2.24, 2.45) is 0 Å². The molecule has 0 unspecified atom stereocenters. The first-order chi connectivity index (χ1) is 21.1. The molecule has 10 heteroatoms. The summed E-state index contributed by atoms with van der Waals surface area (Å²) < 4.78 is 87.9. The zero-order valence-corrected chi connectivity index (χ0v) is 23.7. The molecule has 0 aliphatic heterocycles. The first kappa shape index (κ1) is 29.3. The van der Waals surface area contributed by atoms with Crippen LogP contribution in [0.4, 0.5) is 32.0 Å². The number of aryl methyl sites for hydroxylation is 1. The van der Waals surface area contributed by atoms with Gasteiger partial charge >= 0.3 is 6.18 Å². The first-order valence-electron chi connectivity index (χ1n) is 14.2. The maximum Gasteiger partial charge on any atom is 0.418 e. The third kappa shape index (κ3) is 5.76. The SMILES string of the molecule is CCCCn1ccc2cc(CNc3cccc(-c4c5cccc(C(F)(F)F)c5nn4Cc4c(F)cc(F)cc4F)c3)ccc21. The van der Waals surface area contributed by atoms with E-state index in [-0.39, 0.29) is 16.6 Å². The highest BCUT2D eigenvalue weighted by molar-refractivity contribution is 5.96. The number of halogens is 6. The second-order valence-electron chi connectivity index (χ2n) is 10.7. The number of anilines is 1. The molecule has 0 spiro atoms. The zero-order chi connectivity index (χ0) is 31.0. The van der Waals surface area contributed by atoms with Crippen LogP contribution < -0.4 is 5.32 Å². The van der Waals surface area contributed by atoms with Gasteiger partial charge in [-0.3, -0.25) is 4.68 Å². The first-order valence-corrected chi connectivity index (χ1v) is 14.2. The number of unbranched alkanes of at least 4 members (excludes halogenated alkanes) is 1. The van der Waals surface area contributed by atoms with Crippen LogP contribution in [-0.4, -0.2) is 14.3 Å². The van der Waals surface area contributed by atoms with E-state index in [1.165, 1.54) is 12.1 Å². The maximum absolute atomic E-state index is 14.6. The van der Waals surface area contributed by atoms with Crippen molar-refractivity contribution in [1.29, 1.82) is 0 Å². The monoisotopic (exact) mass is 606 g/mol.